The van der Waals surface area contributed by atoms with E-state index in [4.69, 9.17) is 22.1 Å². The van der Waals surface area contributed by atoms with E-state index >= 15 is 0 Å². The molecule has 0 aliphatic heterocycles. The molecule has 2 nitrogen and oxygen atoms in total. The van der Waals surface area contributed by atoms with Crippen LogP contribution in [0.25, 0.3) is 0 Å². The lowest BCUT2D eigenvalue weighted by Crippen LogP contribution is -1.96. The van der Waals surface area contributed by atoms with Crippen LogP contribution in [-0.4, -0.2) is 0 Å². The Morgan fingerprint density at radius 3 is 2.61 bits per heavy atom. The number of halogens is 1. The standard InChI is InChI=1S/C15H16ClNO/c1-2-11-4-3-5-13(8-11)18-15-7-6-12(10-17)9-14(15)16/h3-9H,2,10,17H2,1H3. The van der Waals surface area contributed by atoms with Crippen molar-refractivity contribution in [2.24, 2.45) is 5.73 Å². The van der Waals surface area contributed by atoms with Crippen molar-refractivity contribution >= 4 is 11.6 Å². The Morgan fingerprint density at radius 2 is 1.94 bits per heavy atom. The van der Waals surface area contributed by atoms with Crippen molar-refractivity contribution in [1.29, 1.82) is 0 Å². The van der Waals surface area contributed by atoms with Crippen LogP contribution in [0.4, 0.5) is 0 Å². The predicted octanol–water partition coefficient (Wildman–Crippen LogP) is 4.15. The van der Waals surface area contributed by atoms with Gasteiger partial charge in [0.25, 0.3) is 0 Å². The van der Waals surface area contributed by atoms with Gasteiger partial charge in [-0.25, -0.2) is 0 Å². The molecule has 2 rings (SSSR count). The van der Waals surface area contributed by atoms with Gasteiger partial charge < -0.3 is 10.5 Å². The number of ether oxygens (including phenoxy) is 1. The minimum absolute atomic E-state index is 0.477. The van der Waals surface area contributed by atoms with E-state index < -0.39 is 0 Å². The maximum Gasteiger partial charge on any atom is 0.146 e. The van der Waals surface area contributed by atoms with E-state index in [1.54, 1.807) is 0 Å². The van der Waals surface area contributed by atoms with Gasteiger partial charge in [0.15, 0.2) is 0 Å². The summed E-state index contributed by atoms with van der Waals surface area (Å²) in [5.41, 5.74) is 7.79. The summed E-state index contributed by atoms with van der Waals surface area (Å²) >= 11 is 6.15. The first-order chi connectivity index (χ1) is 8.72. The number of hydrogen-bond donors (Lipinski definition) is 1. The molecule has 0 atom stereocenters. The Balaban J connectivity index is 2.22. The average molecular weight is 262 g/mol. The summed E-state index contributed by atoms with van der Waals surface area (Å²) in [4.78, 5) is 0. The van der Waals surface area contributed by atoms with Gasteiger partial charge in [0.1, 0.15) is 11.5 Å². The Hall–Kier alpha value is -1.51. The van der Waals surface area contributed by atoms with Crippen molar-refractivity contribution in [2.75, 3.05) is 0 Å². The van der Waals surface area contributed by atoms with Crippen molar-refractivity contribution in [3.8, 4) is 11.5 Å². The number of hydrogen-bond acceptors (Lipinski definition) is 2. The van der Waals surface area contributed by atoms with E-state index in [0.717, 1.165) is 17.7 Å². The lowest BCUT2D eigenvalue weighted by molar-refractivity contribution is 0.482. The molecule has 2 aromatic rings. The second-order valence-corrected chi connectivity index (χ2v) is 4.48. The number of nitrogens with two attached hydrogens (primary N) is 1. The molecule has 0 unspecified atom stereocenters. The zero-order valence-electron chi connectivity index (χ0n) is 10.3. The van der Waals surface area contributed by atoms with Gasteiger partial charge in [-0.3, -0.25) is 0 Å². The van der Waals surface area contributed by atoms with Crippen LogP contribution >= 0.6 is 11.6 Å². The van der Waals surface area contributed by atoms with Gasteiger partial charge in [0.05, 0.1) is 5.02 Å². The van der Waals surface area contributed by atoms with Crippen molar-refractivity contribution < 1.29 is 4.74 Å². The molecule has 94 valence electrons. The molecule has 0 spiro atoms. The van der Waals surface area contributed by atoms with E-state index in [-0.39, 0.29) is 0 Å². The smallest absolute Gasteiger partial charge is 0.146 e. The van der Waals surface area contributed by atoms with Crippen LogP contribution in [0.3, 0.4) is 0 Å². The number of rotatable bonds is 4. The molecule has 0 radical (unpaired) electrons. The van der Waals surface area contributed by atoms with E-state index in [0.29, 0.717) is 17.3 Å². The van der Waals surface area contributed by atoms with E-state index in [2.05, 4.69) is 13.0 Å². The minimum atomic E-state index is 0.477. The summed E-state index contributed by atoms with van der Waals surface area (Å²) in [6, 6.07) is 13.6. The first-order valence-electron chi connectivity index (χ1n) is 5.98. The Labute approximate surface area is 112 Å². The summed E-state index contributed by atoms with van der Waals surface area (Å²) in [5, 5.41) is 0.583. The van der Waals surface area contributed by atoms with E-state index in [9.17, 15) is 0 Å². The van der Waals surface area contributed by atoms with E-state index in [1.165, 1.54) is 5.56 Å². The van der Waals surface area contributed by atoms with Gasteiger partial charge in [-0.1, -0.05) is 36.7 Å². The minimum Gasteiger partial charge on any atom is -0.456 e. The van der Waals surface area contributed by atoms with Crippen molar-refractivity contribution in [1.82, 2.24) is 0 Å². The zero-order chi connectivity index (χ0) is 13.0. The molecular weight excluding hydrogens is 246 g/mol. The van der Waals surface area contributed by atoms with Gasteiger partial charge in [-0.15, -0.1) is 0 Å². The summed E-state index contributed by atoms with van der Waals surface area (Å²) in [6.45, 7) is 2.59. The molecule has 0 amide bonds. The number of benzene rings is 2. The summed E-state index contributed by atoms with van der Waals surface area (Å²) in [5.74, 6) is 1.46. The first kappa shape index (κ1) is 12.9. The Bertz CT molecular complexity index is 540. The first-order valence-corrected chi connectivity index (χ1v) is 6.36. The van der Waals surface area contributed by atoms with Gasteiger partial charge in [0.2, 0.25) is 0 Å². The maximum atomic E-state index is 6.15. The lowest BCUT2D eigenvalue weighted by atomic mass is 10.1. The number of aryl methyl sites for hydroxylation is 1. The molecule has 0 fully saturated rings. The van der Waals surface area contributed by atoms with Crippen LogP contribution in [-0.2, 0) is 13.0 Å². The molecule has 2 N–H and O–H groups in total. The summed E-state index contributed by atoms with van der Waals surface area (Å²) < 4.78 is 5.78. The topological polar surface area (TPSA) is 35.2 Å². The molecule has 18 heavy (non-hydrogen) atoms. The molecule has 2 aromatic carbocycles. The largest absolute Gasteiger partial charge is 0.456 e. The third-order valence-electron chi connectivity index (χ3n) is 2.77. The van der Waals surface area contributed by atoms with E-state index in [1.807, 2.05) is 36.4 Å². The summed E-state index contributed by atoms with van der Waals surface area (Å²) in [6.07, 6.45) is 0.983. The normalized spacial score (nSPS) is 10.4. The fourth-order valence-corrected chi connectivity index (χ4v) is 1.95. The molecular formula is C15H16ClNO. The van der Waals surface area contributed by atoms with Crippen LogP contribution in [0.5, 0.6) is 11.5 Å². The van der Waals surface area contributed by atoms with Crippen molar-refractivity contribution in [3.05, 3.63) is 58.6 Å². The highest BCUT2D eigenvalue weighted by Crippen LogP contribution is 2.30. The third-order valence-corrected chi connectivity index (χ3v) is 3.06. The summed E-state index contributed by atoms with van der Waals surface area (Å²) in [7, 11) is 0. The van der Waals surface area contributed by atoms with Crippen LogP contribution < -0.4 is 10.5 Å². The molecule has 0 aliphatic carbocycles. The van der Waals surface area contributed by atoms with Gasteiger partial charge >= 0.3 is 0 Å². The molecule has 0 aliphatic rings. The van der Waals surface area contributed by atoms with Crippen molar-refractivity contribution in [3.63, 3.8) is 0 Å². The second-order valence-electron chi connectivity index (χ2n) is 4.07. The zero-order valence-corrected chi connectivity index (χ0v) is 11.1. The fraction of sp³-hybridized carbons (Fsp3) is 0.200. The van der Waals surface area contributed by atoms with Gasteiger partial charge in [0, 0.05) is 6.54 Å². The molecule has 0 saturated carbocycles. The highest BCUT2D eigenvalue weighted by Gasteiger charge is 2.04. The molecule has 0 bridgehead atoms. The molecule has 0 heterocycles. The highest BCUT2D eigenvalue weighted by molar-refractivity contribution is 6.32. The maximum absolute atomic E-state index is 6.15. The second kappa shape index (κ2) is 5.89. The lowest BCUT2D eigenvalue weighted by Gasteiger charge is -2.09. The van der Waals surface area contributed by atoms with Gasteiger partial charge in [-0.05, 0) is 41.8 Å². The average Bonchev–Trinajstić information content (AvgIpc) is 2.41. The monoisotopic (exact) mass is 261 g/mol. The van der Waals surface area contributed by atoms with Crippen molar-refractivity contribution in [2.45, 2.75) is 19.9 Å². The predicted molar refractivity (Wildman–Crippen MR) is 75.2 cm³/mol. The van der Waals surface area contributed by atoms with Gasteiger partial charge in [-0.2, -0.15) is 0 Å². The quantitative estimate of drug-likeness (QED) is 0.897. The Kier molecular flexibility index (Phi) is 4.24. The Morgan fingerprint density at radius 1 is 1.11 bits per heavy atom. The van der Waals surface area contributed by atoms with Crippen LogP contribution in [0.15, 0.2) is 42.5 Å². The van der Waals surface area contributed by atoms with Crippen LogP contribution in [0, 0.1) is 0 Å². The van der Waals surface area contributed by atoms with Crippen LogP contribution in [0.2, 0.25) is 5.02 Å². The molecule has 0 aromatic heterocycles. The highest BCUT2D eigenvalue weighted by atomic mass is 35.5. The fourth-order valence-electron chi connectivity index (χ4n) is 1.71. The molecule has 0 saturated heterocycles. The SMILES string of the molecule is CCc1cccc(Oc2ccc(CN)cc2Cl)c1. The molecule has 3 heteroatoms. The third kappa shape index (κ3) is 3.03. The van der Waals surface area contributed by atoms with Crippen LogP contribution in [0.1, 0.15) is 18.1 Å².